The van der Waals surface area contributed by atoms with Crippen molar-refractivity contribution >= 4 is 0 Å². The third-order valence-electron chi connectivity index (χ3n) is 2.65. The van der Waals surface area contributed by atoms with Crippen molar-refractivity contribution in [3.63, 3.8) is 0 Å². The highest BCUT2D eigenvalue weighted by molar-refractivity contribution is 5.14. The van der Waals surface area contributed by atoms with E-state index in [1.807, 2.05) is 4.68 Å². The Bertz CT molecular complexity index is 304. The van der Waals surface area contributed by atoms with Gasteiger partial charge >= 0.3 is 0 Å². The molecule has 0 aromatic carbocycles. The van der Waals surface area contributed by atoms with Gasteiger partial charge in [-0.15, -0.1) is 0 Å². The van der Waals surface area contributed by atoms with Crippen molar-refractivity contribution in [3.8, 4) is 0 Å². The van der Waals surface area contributed by atoms with E-state index in [-0.39, 0.29) is 0 Å². The third kappa shape index (κ3) is 4.33. The van der Waals surface area contributed by atoms with Crippen molar-refractivity contribution < 1.29 is 0 Å². The van der Waals surface area contributed by atoms with Gasteiger partial charge in [0.05, 0.1) is 5.69 Å². The van der Waals surface area contributed by atoms with Crippen LogP contribution in [0, 0.1) is 6.92 Å². The minimum absolute atomic E-state index is 0.930. The molecule has 0 atom stereocenters. The summed E-state index contributed by atoms with van der Waals surface area (Å²) < 4.78 is 1.99. The van der Waals surface area contributed by atoms with Crippen LogP contribution in [0.1, 0.15) is 24.6 Å². The highest BCUT2D eigenvalue weighted by atomic mass is 15.3. The molecule has 0 aliphatic heterocycles. The van der Waals surface area contributed by atoms with Crippen LogP contribution in [-0.4, -0.2) is 41.9 Å². The second kappa shape index (κ2) is 6.66. The Balaban J connectivity index is 2.23. The van der Waals surface area contributed by atoms with Gasteiger partial charge in [0, 0.05) is 24.8 Å². The van der Waals surface area contributed by atoms with Crippen LogP contribution < -0.4 is 5.32 Å². The van der Waals surface area contributed by atoms with Gasteiger partial charge in [0.15, 0.2) is 0 Å². The van der Waals surface area contributed by atoms with Gasteiger partial charge in [-0.3, -0.25) is 4.68 Å². The van der Waals surface area contributed by atoms with E-state index < -0.39 is 0 Å². The standard InChI is InChI=1S/C12H24N4/c1-5-16-10-12(11(2)14-16)9-13-7-6-8-15(3)4/h10,13H,5-9H2,1-4H3. The van der Waals surface area contributed by atoms with Gasteiger partial charge in [-0.1, -0.05) is 0 Å². The molecule has 1 N–H and O–H groups in total. The number of aryl methyl sites for hydroxylation is 2. The van der Waals surface area contributed by atoms with Gasteiger partial charge < -0.3 is 10.2 Å². The van der Waals surface area contributed by atoms with Crippen molar-refractivity contribution in [3.05, 3.63) is 17.5 Å². The Morgan fingerprint density at radius 1 is 1.44 bits per heavy atom. The fraction of sp³-hybridized carbons (Fsp3) is 0.750. The Morgan fingerprint density at radius 2 is 2.19 bits per heavy atom. The zero-order chi connectivity index (χ0) is 12.0. The van der Waals surface area contributed by atoms with Crippen molar-refractivity contribution in [1.82, 2.24) is 20.0 Å². The summed E-state index contributed by atoms with van der Waals surface area (Å²) in [5.41, 5.74) is 2.45. The van der Waals surface area contributed by atoms with Crippen LogP contribution in [0.15, 0.2) is 6.20 Å². The SMILES string of the molecule is CCn1cc(CNCCCN(C)C)c(C)n1. The molecule has 4 nitrogen and oxygen atoms in total. The summed E-state index contributed by atoms with van der Waals surface area (Å²) in [6, 6.07) is 0. The first kappa shape index (κ1) is 13.2. The molecule has 16 heavy (non-hydrogen) atoms. The minimum Gasteiger partial charge on any atom is -0.312 e. The Morgan fingerprint density at radius 3 is 2.75 bits per heavy atom. The molecule has 1 rings (SSSR count). The van der Waals surface area contributed by atoms with Gasteiger partial charge in [0.25, 0.3) is 0 Å². The van der Waals surface area contributed by atoms with Gasteiger partial charge in [-0.25, -0.2) is 0 Å². The summed E-state index contributed by atoms with van der Waals surface area (Å²) in [6.45, 7) is 8.26. The molecule has 1 aromatic rings. The van der Waals surface area contributed by atoms with Crippen molar-refractivity contribution in [1.29, 1.82) is 0 Å². The minimum atomic E-state index is 0.930. The van der Waals surface area contributed by atoms with Crippen molar-refractivity contribution in [2.24, 2.45) is 0 Å². The van der Waals surface area contributed by atoms with Gasteiger partial charge in [-0.2, -0.15) is 5.10 Å². The molecule has 1 heterocycles. The normalized spacial score (nSPS) is 11.3. The summed E-state index contributed by atoms with van der Waals surface area (Å²) in [5.74, 6) is 0. The predicted molar refractivity (Wildman–Crippen MR) is 67.5 cm³/mol. The lowest BCUT2D eigenvalue weighted by Crippen LogP contribution is -2.21. The Hall–Kier alpha value is -0.870. The van der Waals surface area contributed by atoms with Crippen molar-refractivity contribution in [2.45, 2.75) is 33.4 Å². The first-order valence-electron chi connectivity index (χ1n) is 6.02. The lowest BCUT2D eigenvalue weighted by Gasteiger charge is -2.09. The molecule has 92 valence electrons. The molecule has 0 saturated heterocycles. The smallest absolute Gasteiger partial charge is 0.0638 e. The number of hydrogen-bond donors (Lipinski definition) is 1. The summed E-state index contributed by atoms with van der Waals surface area (Å²) in [5, 5.41) is 7.88. The molecule has 0 bridgehead atoms. The topological polar surface area (TPSA) is 33.1 Å². The van der Waals surface area contributed by atoms with E-state index in [4.69, 9.17) is 0 Å². The van der Waals surface area contributed by atoms with Crippen LogP contribution in [-0.2, 0) is 13.1 Å². The summed E-state index contributed by atoms with van der Waals surface area (Å²) in [6.07, 6.45) is 3.32. The number of hydrogen-bond acceptors (Lipinski definition) is 3. The Labute approximate surface area is 98.6 Å². The number of nitrogens with zero attached hydrogens (tertiary/aromatic N) is 3. The van der Waals surface area contributed by atoms with Crippen LogP contribution in [0.2, 0.25) is 0 Å². The van der Waals surface area contributed by atoms with Crippen LogP contribution >= 0.6 is 0 Å². The average Bonchev–Trinajstić information content (AvgIpc) is 2.59. The molecular formula is C12H24N4. The van der Waals surface area contributed by atoms with Crippen LogP contribution in [0.5, 0.6) is 0 Å². The lowest BCUT2D eigenvalue weighted by atomic mass is 10.2. The van der Waals surface area contributed by atoms with E-state index in [9.17, 15) is 0 Å². The van der Waals surface area contributed by atoms with Gasteiger partial charge in [0.1, 0.15) is 0 Å². The average molecular weight is 224 g/mol. The molecule has 0 unspecified atom stereocenters. The maximum atomic E-state index is 4.42. The third-order valence-corrected chi connectivity index (χ3v) is 2.65. The summed E-state index contributed by atoms with van der Waals surface area (Å²) >= 11 is 0. The number of aromatic nitrogens is 2. The molecule has 4 heteroatoms. The number of rotatable bonds is 7. The lowest BCUT2D eigenvalue weighted by molar-refractivity contribution is 0.394. The highest BCUT2D eigenvalue weighted by Crippen LogP contribution is 2.04. The monoisotopic (exact) mass is 224 g/mol. The van der Waals surface area contributed by atoms with E-state index in [2.05, 4.69) is 49.5 Å². The molecule has 0 aliphatic rings. The van der Waals surface area contributed by atoms with Crippen LogP contribution in [0.25, 0.3) is 0 Å². The summed E-state index contributed by atoms with van der Waals surface area (Å²) in [4.78, 5) is 2.21. The molecule has 0 aliphatic carbocycles. The van der Waals surface area contributed by atoms with Gasteiger partial charge in [0.2, 0.25) is 0 Å². The van der Waals surface area contributed by atoms with Crippen LogP contribution in [0.3, 0.4) is 0 Å². The second-order valence-corrected chi connectivity index (χ2v) is 4.43. The largest absolute Gasteiger partial charge is 0.312 e. The molecule has 0 amide bonds. The van der Waals surface area contributed by atoms with E-state index in [0.717, 1.165) is 31.9 Å². The van der Waals surface area contributed by atoms with E-state index >= 15 is 0 Å². The molecule has 0 radical (unpaired) electrons. The predicted octanol–water partition coefficient (Wildman–Crippen LogP) is 1.25. The van der Waals surface area contributed by atoms with Crippen LogP contribution in [0.4, 0.5) is 0 Å². The van der Waals surface area contributed by atoms with E-state index in [1.54, 1.807) is 0 Å². The number of nitrogens with one attached hydrogen (secondary N) is 1. The first-order valence-corrected chi connectivity index (χ1v) is 6.02. The first-order chi connectivity index (χ1) is 7.63. The Kier molecular flexibility index (Phi) is 5.49. The fourth-order valence-corrected chi connectivity index (χ4v) is 1.64. The zero-order valence-corrected chi connectivity index (χ0v) is 11.0. The summed E-state index contributed by atoms with van der Waals surface area (Å²) in [7, 11) is 4.21. The maximum absolute atomic E-state index is 4.42. The maximum Gasteiger partial charge on any atom is 0.0638 e. The fourth-order valence-electron chi connectivity index (χ4n) is 1.64. The molecule has 1 aromatic heterocycles. The van der Waals surface area contributed by atoms with E-state index in [1.165, 1.54) is 12.0 Å². The molecule has 0 saturated carbocycles. The van der Waals surface area contributed by atoms with E-state index in [0.29, 0.717) is 0 Å². The second-order valence-electron chi connectivity index (χ2n) is 4.43. The quantitative estimate of drug-likeness (QED) is 0.708. The highest BCUT2D eigenvalue weighted by Gasteiger charge is 2.02. The molecule has 0 fully saturated rings. The molecule has 0 spiro atoms. The van der Waals surface area contributed by atoms with Gasteiger partial charge in [-0.05, 0) is 47.5 Å². The van der Waals surface area contributed by atoms with Crippen molar-refractivity contribution in [2.75, 3.05) is 27.2 Å². The zero-order valence-electron chi connectivity index (χ0n) is 11.0. The molecular weight excluding hydrogens is 200 g/mol.